The van der Waals surface area contributed by atoms with Crippen molar-refractivity contribution in [2.24, 2.45) is 7.05 Å². The Kier molecular flexibility index (Phi) is 1.70. The van der Waals surface area contributed by atoms with Gasteiger partial charge in [0.2, 0.25) is 0 Å². The molecule has 3 rings (SSSR count). The van der Waals surface area contributed by atoms with Crippen molar-refractivity contribution < 1.29 is 4.74 Å². The van der Waals surface area contributed by atoms with Crippen molar-refractivity contribution >= 4 is 10.9 Å². The third-order valence-electron chi connectivity index (χ3n) is 2.84. The summed E-state index contributed by atoms with van der Waals surface area (Å²) >= 11 is 0. The van der Waals surface area contributed by atoms with Gasteiger partial charge in [-0.25, -0.2) is 0 Å². The summed E-state index contributed by atoms with van der Waals surface area (Å²) < 4.78 is 6.85. The highest BCUT2D eigenvalue weighted by molar-refractivity contribution is 5.79. The zero-order valence-corrected chi connectivity index (χ0v) is 8.43. The SMILES string of the molecule is Cn1c(=O)c([C@H]2CO2)cc2ccccc21. The van der Waals surface area contributed by atoms with Gasteiger partial charge in [-0.1, -0.05) is 18.2 Å². The summed E-state index contributed by atoms with van der Waals surface area (Å²) in [6, 6.07) is 9.82. The van der Waals surface area contributed by atoms with Crippen LogP contribution in [0.4, 0.5) is 0 Å². The summed E-state index contributed by atoms with van der Waals surface area (Å²) in [6.07, 6.45) is 0.0216. The second-order valence-corrected chi connectivity index (χ2v) is 3.84. The molecule has 1 atom stereocenters. The number of hydrogen-bond acceptors (Lipinski definition) is 2. The van der Waals surface area contributed by atoms with Crippen molar-refractivity contribution in [1.82, 2.24) is 4.57 Å². The predicted molar refractivity (Wildman–Crippen MR) is 57.9 cm³/mol. The van der Waals surface area contributed by atoms with Gasteiger partial charge in [-0.15, -0.1) is 0 Å². The minimum atomic E-state index is 0.0216. The molecule has 0 bridgehead atoms. The Labute approximate surface area is 86.9 Å². The molecular weight excluding hydrogens is 190 g/mol. The maximum Gasteiger partial charge on any atom is 0.256 e. The standard InChI is InChI=1S/C12H11NO2/c1-13-10-5-3-2-4-8(10)6-9(12(13)14)11-7-15-11/h2-6,11H,7H2,1H3/t11-/m1/s1. The summed E-state index contributed by atoms with van der Waals surface area (Å²) in [5, 5.41) is 1.09. The van der Waals surface area contributed by atoms with Crippen molar-refractivity contribution in [2.75, 3.05) is 6.61 Å². The number of aromatic nitrogens is 1. The van der Waals surface area contributed by atoms with Gasteiger partial charge in [0, 0.05) is 12.6 Å². The lowest BCUT2D eigenvalue weighted by molar-refractivity contribution is 0.413. The van der Waals surface area contributed by atoms with Crippen LogP contribution in [-0.4, -0.2) is 11.2 Å². The first-order valence-corrected chi connectivity index (χ1v) is 4.97. The Morgan fingerprint density at radius 3 is 2.87 bits per heavy atom. The smallest absolute Gasteiger partial charge is 0.256 e. The fourth-order valence-electron chi connectivity index (χ4n) is 1.91. The van der Waals surface area contributed by atoms with Gasteiger partial charge in [0.1, 0.15) is 6.10 Å². The topological polar surface area (TPSA) is 34.5 Å². The summed E-state index contributed by atoms with van der Waals surface area (Å²) in [6.45, 7) is 0.674. The van der Waals surface area contributed by atoms with Gasteiger partial charge < -0.3 is 9.30 Å². The molecule has 2 aromatic rings. The van der Waals surface area contributed by atoms with E-state index in [1.54, 1.807) is 11.6 Å². The van der Waals surface area contributed by atoms with Crippen LogP contribution in [0.3, 0.4) is 0 Å². The number of epoxide rings is 1. The van der Waals surface area contributed by atoms with E-state index in [-0.39, 0.29) is 11.7 Å². The predicted octanol–water partition coefficient (Wildman–Crippen LogP) is 1.61. The molecule has 0 radical (unpaired) electrons. The zero-order valence-electron chi connectivity index (χ0n) is 8.43. The lowest BCUT2D eigenvalue weighted by Crippen LogP contribution is -2.20. The number of ether oxygens (including phenoxy) is 1. The Morgan fingerprint density at radius 1 is 1.40 bits per heavy atom. The van der Waals surface area contributed by atoms with Gasteiger partial charge in [-0.05, 0) is 17.5 Å². The summed E-state index contributed by atoms with van der Waals surface area (Å²) in [5.74, 6) is 0. The Morgan fingerprint density at radius 2 is 2.13 bits per heavy atom. The number of nitrogens with zero attached hydrogens (tertiary/aromatic N) is 1. The highest BCUT2D eigenvalue weighted by atomic mass is 16.6. The minimum absolute atomic E-state index is 0.0216. The number of aryl methyl sites for hydroxylation is 1. The number of hydrogen-bond donors (Lipinski definition) is 0. The lowest BCUT2D eigenvalue weighted by atomic mass is 10.1. The summed E-state index contributed by atoms with van der Waals surface area (Å²) in [5.41, 5.74) is 1.79. The first-order valence-electron chi connectivity index (χ1n) is 4.97. The third-order valence-corrected chi connectivity index (χ3v) is 2.84. The van der Waals surface area contributed by atoms with Gasteiger partial charge in [0.25, 0.3) is 5.56 Å². The molecule has 0 unspecified atom stereocenters. The van der Waals surface area contributed by atoms with E-state index in [9.17, 15) is 4.79 Å². The largest absolute Gasteiger partial charge is 0.368 e. The van der Waals surface area contributed by atoms with E-state index in [0.29, 0.717) is 6.61 Å². The molecule has 1 aromatic carbocycles. The van der Waals surface area contributed by atoms with E-state index in [2.05, 4.69) is 0 Å². The van der Waals surface area contributed by atoms with E-state index in [0.717, 1.165) is 16.5 Å². The molecule has 0 saturated carbocycles. The van der Waals surface area contributed by atoms with Crippen molar-refractivity contribution in [1.29, 1.82) is 0 Å². The first-order chi connectivity index (χ1) is 7.27. The molecule has 0 spiro atoms. The van der Waals surface area contributed by atoms with Gasteiger partial charge in [-0.3, -0.25) is 4.79 Å². The van der Waals surface area contributed by atoms with Crippen LogP contribution >= 0.6 is 0 Å². The zero-order chi connectivity index (χ0) is 10.4. The average molecular weight is 201 g/mol. The van der Waals surface area contributed by atoms with Crippen LogP contribution in [0.5, 0.6) is 0 Å². The highest BCUT2D eigenvalue weighted by Gasteiger charge is 2.28. The van der Waals surface area contributed by atoms with Crippen LogP contribution in [0.25, 0.3) is 10.9 Å². The molecule has 1 fully saturated rings. The molecule has 15 heavy (non-hydrogen) atoms. The van der Waals surface area contributed by atoms with E-state index in [4.69, 9.17) is 4.74 Å². The van der Waals surface area contributed by atoms with Gasteiger partial charge >= 0.3 is 0 Å². The lowest BCUT2D eigenvalue weighted by Gasteiger charge is -2.06. The molecule has 0 aliphatic carbocycles. The molecule has 2 heterocycles. The van der Waals surface area contributed by atoms with E-state index >= 15 is 0 Å². The van der Waals surface area contributed by atoms with Crippen molar-refractivity contribution in [3.05, 3.63) is 46.2 Å². The molecule has 1 aliphatic rings. The molecule has 1 saturated heterocycles. The molecule has 3 heteroatoms. The van der Waals surface area contributed by atoms with Crippen LogP contribution in [0.1, 0.15) is 11.7 Å². The van der Waals surface area contributed by atoms with Crippen LogP contribution in [0.15, 0.2) is 35.1 Å². The number of fused-ring (bicyclic) bond motifs is 1. The van der Waals surface area contributed by atoms with E-state index in [1.807, 2.05) is 30.3 Å². The van der Waals surface area contributed by atoms with Crippen LogP contribution < -0.4 is 5.56 Å². The molecule has 0 amide bonds. The van der Waals surface area contributed by atoms with Crippen LogP contribution in [0, 0.1) is 0 Å². The fraction of sp³-hybridized carbons (Fsp3) is 0.250. The van der Waals surface area contributed by atoms with Gasteiger partial charge in [-0.2, -0.15) is 0 Å². The maximum absolute atomic E-state index is 11.9. The molecule has 3 nitrogen and oxygen atoms in total. The third kappa shape index (κ3) is 1.27. The van der Waals surface area contributed by atoms with Crippen molar-refractivity contribution in [3.8, 4) is 0 Å². The minimum Gasteiger partial charge on any atom is -0.368 e. The molecule has 0 N–H and O–H groups in total. The number of para-hydroxylation sites is 1. The van der Waals surface area contributed by atoms with Gasteiger partial charge in [0.05, 0.1) is 12.1 Å². The average Bonchev–Trinajstić information content (AvgIpc) is 3.07. The van der Waals surface area contributed by atoms with Gasteiger partial charge in [0.15, 0.2) is 0 Å². The van der Waals surface area contributed by atoms with Crippen LogP contribution in [0.2, 0.25) is 0 Å². The second-order valence-electron chi connectivity index (χ2n) is 3.84. The van der Waals surface area contributed by atoms with Crippen molar-refractivity contribution in [3.63, 3.8) is 0 Å². The summed E-state index contributed by atoms with van der Waals surface area (Å²) in [7, 11) is 1.80. The Bertz CT molecular complexity index is 582. The molecular formula is C12H11NO2. The summed E-state index contributed by atoms with van der Waals surface area (Å²) in [4.78, 5) is 11.9. The van der Waals surface area contributed by atoms with E-state index < -0.39 is 0 Å². The molecule has 76 valence electrons. The fourth-order valence-corrected chi connectivity index (χ4v) is 1.91. The quantitative estimate of drug-likeness (QED) is 0.657. The Balaban J connectivity index is 2.40. The number of rotatable bonds is 1. The van der Waals surface area contributed by atoms with Crippen molar-refractivity contribution in [2.45, 2.75) is 6.10 Å². The van der Waals surface area contributed by atoms with Crippen LogP contribution in [-0.2, 0) is 11.8 Å². The second kappa shape index (κ2) is 2.94. The first kappa shape index (κ1) is 8.68. The molecule has 1 aromatic heterocycles. The highest BCUT2D eigenvalue weighted by Crippen LogP contribution is 2.28. The molecule has 1 aliphatic heterocycles. The van der Waals surface area contributed by atoms with E-state index in [1.165, 1.54) is 0 Å². The maximum atomic E-state index is 11.9. The normalized spacial score (nSPS) is 19.4. The Hall–Kier alpha value is -1.61. The number of pyridine rings is 1. The monoisotopic (exact) mass is 201 g/mol. The number of benzene rings is 1.